The van der Waals surface area contributed by atoms with Crippen LogP contribution < -0.4 is 16.5 Å². The number of hydrogen-bond donors (Lipinski definition) is 3. The van der Waals surface area contributed by atoms with E-state index in [-0.39, 0.29) is 0 Å². The predicted molar refractivity (Wildman–Crippen MR) is 105 cm³/mol. The monoisotopic (exact) mass is 381 g/mol. The summed E-state index contributed by atoms with van der Waals surface area (Å²) in [6, 6.07) is 18.2. The molecule has 0 spiro atoms. The number of thioether (sulfide) groups is 1. The fourth-order valence-electron chi connectivity index (χ4n) is 2.46. The van der Waals surface area contributed by atoms with E-state index < -0.39 is 17.2 Å². The second kappa shape index (κ2) is 8.41. The van der Waals surface area contributed by atoms with Crippen LogP contribution in [0.15, 0.2) is 72.0 Å². The first-order valence-electron chi connectivity index (χ1n) is 8.22. The summed E-state index contributed by atoms with van der Waals surface area (Å²) in [6.07, 6.45) is 1.70. The van der Waals surface area contributed by atoms with Gasteiger partial charge in [-0.15, -0.1) is 0 Å². The second-order valence-electron chi connectivity index (χ2n) is 5.66. The highest BCUT2D eigenvalue weighted by Gasteiger charge is 2.26. The van der Waals surface area contributed by atoms with Crippen LogP contribution in [0.3, 0.4) is 0 Å². The molecule has 138 valence electrons. The lowest BCUT2D eigenvalue weighted by molar-refractivity contribution is -0.119. The van der Waals surface area contributed by atoms with Gasteiger partial charge in [-0.1, -0.05) is 72.4 Å². The van der Waals surface area contributed by atoms with E-state index >= 15 is 0 Å². The maximum Gasteiger partial charge on any atom is 0.321 e. The molecule has 7 nitrogen and oxygen atoms in total. The Bertz CT molecular complexity index is 928. The number of carbonyl (C=O) groups is 2. The second-order valence-corrected chi connectivity index (χ2v) is 6.73. The van der Waals surface area contributed by atoms with Gasteiger partial charge >= 0.3 is 6.03 Å². The smallest absolute Gasteiger partial charge is 0.321 e. The molecule has 8 heteroatoms. The summed E-state index contributed by atoms with van der Waals surface area (Å²) in [5.74, 6) is 5.61. The third-order valence-corrected chi connectivity index (χ3v) is 5.03. The van der Waals surface area contributed by atoms with Crippen LogP contribution in [-0.2, 0) is 4.79 Å². The molecule has 0 saturated carbocycles. The molecule has 0 fully saturated rings. The number of benzene rings is 2. The largest absolute Gasteiger partial charge is 0.341 e. The van der Waals surface area contributed by atoms with Crippen LogP contribution in [0.25, 0.3) is 11.3 Å². The number of nitrogens with one attached hydrogen (secondary N) is 2. The van der Waals surface area contributed by atoms with Gasteiger partial charge in [0.05, 0.1) is 11.9 Å². The zero-order valence-electron chi connectivity index (χ0n) is 14.6. The molecule has 1 aromatic heterocycles. The van der Waals surface area contributed by atoms with Gasteiger partial charge in [0.1, 0.15) is 5.25 Å². The SMILES string of the molecule is CNC(=O)NC(=O)[C@H](Sc1nc(-c2ccccc2)cn1N)c1ccccc1. The molecule has 1 heterocycles. The van der Waals surface area contributed by atoms with Gasteiger partial charge in [0.25, 0.3) is 0 Å². The fraction of sp³-hybridized carbons (Fsp3) is 0.105. The van der Waals surface area contributed by atoms with Gasteiger partial charge in [0.15, 0.2) is 5.16 Å². The van der Waals surface area contributed by atoms with Crippen LogP contribution in [0.1, 0.15) is 10.8 Å². The predicted octanol–water partition coefficient (Wildman–Crippen LogP) is 2.55. The summed E-state index contributed by atoms with van der Waals surface area (Å²) in [5, 5.41) is 4.48. The minimum absolute atomic E-state index is 0.449. The zero-order valence-corrected chi connectivity index (χ0v) is 15.4. The molecule has 3 rings (SSSR count). The standard InChI is InChI=1S/C19H19N5O2S/c1-21-18(26)23-17(25)16(14-10-6-3-7-11-14)27-19-22-15(12-24(19)20)13-8-4-2-5-9-13/h2-12,16H,20H2,1H3,(H2,21,23,25,26)/t16-/m1/s1. The summed E-state index contributed by atoms with van der Waals surface area (Å²) >= 11 is 1.18. The molecule has 2 aromatic carbocycles. The number of hydrogen-bond acceptors (Lipinski definition) is 5. The molecule has 4 N–H and O–H groups in total. The Morgan fingerprint density at radius 3 is 2.33 bits per heavy atom. The lowest BCUT2D eigenvalue weighted by atomic mass is 10.1. The van der Waals surface area contributed by atoms with Crippen molar-refractivity contribution in [2.45, 2.75) is 10.4 Å². The Kier molecular flexibility index (Phi) is 5.77. The van der Waals surface area contributed by atoms with E-state index in [0.29, 0.717) is 10.9 Å². The van der Waals surface area contributed by atoms with Crippen molar-refractivity contribution in [2.75, 3.05) is 12.9 Å². The molecule has 0 aliphatic rings. The van der Waals surface area contributed by atoms with Crippen LogP contribution in [0.2, 0.25) is 0 Å². The highest BCUT2D eigenvalue weighted by atomic mass is 32.2. The lowest BCUT2D eigenvalue weighted by Gasteiger charge is -2.15. The number of amides is 3. The van der Waals surface area contributed by atoms with Gasteiger partial charge in [-0.2, -0.15) is 0 Å². The van der Waals surface area contributed by atoms with Gasteiger partial charge in [-0.25, -0.2) is 14.5 Å². The first-order valence-corrected chi connectivity index (χ1v) is 9.10. The van der Waals surface area contributed by atoms with Crippen LogP contribution in [0, 0.1) is 0 Å². The van der Waals surface area contributed by atoms with E-state index in [0.717, 1.165) is 11.1 Å². The van der Waals surface area contributed by atoms with Crippen molar-refractivity contribution in [1.29, 1.82) is 0 Å². The zero-order chi connectivity index (χ0) is 19.2. The van der Waals surface area contributed by atoms with Gasteiger partial charge in [0.2, 0.25) is 5.91 Å². The Morgan fingerprint density at radius 2 is 1.70 bits per heavy atom. The Hall–Kier alpha value is -3.26. The minimum Gasteiger partial charge on any atom is -0.341 e. The Labute approximate surface area is 161 Å². The summed E-state index contributed by atoms with van der Waals surface area (Å²) in [4.78, 5) is 28.8. The van der Waals surface area contributed by atoms with Crippen molar-refractivity contribution in [2.24, 2.45) is 0 Å². The number of nitrogens with two attached hydrogens (primary N) is 1. The van der Waals surface area contributed by atoms with Crippen molar-refractivity contribution in [1.82, 2.24) is 20.3 Å². The highest BCUT2D eigenvalue weighted by Crippen LogP contribution is 2.35. The normalized spacial score (nSPS) is 11.6. The fourth-order valence-corrected chi connectivity index (χ4v) is 3.45. The molecule has 0 aliphatic carbocycles. The third kappa shape index (κ3) is 4.48. The molecular weight excluding hydrogens is 362 g/mol. The number of aromatic nitrogens is 2. The van der Waals surface area contributed by atoms with Gasteiger partial charge in [0, 0.05) is 12.6 Å². The van der Waals surface area contributed by atoms with E-state index in [1.807, 2.05) is 60.7 Å². The maximum absolute atomic E-state index is 12.6. The highest BCUT2D eigenvalue weighted by molar-refractivity contribution is 8.00. The molecule has 27 heavy (non-hydrogen) atoms. The molecule has 0 bridgehead atoms. The number of rotatable bonds is 5. The maximum atomic E-state index is 12.6. The number of imidazole rings is 1. The van der Waals surface area contributed by atoms with Crippen molar-refractivity contribution < 1.29 is 9.59 Å². The topological polar surface area (TPSA) is 102 Å². The Morgan fingerprint density at radius 1 is 1.07 bits per heavy atom. The molecule has 0 unspecified atom stereocenters. The summed E-state index contributed by atoms with van der Waals surface area (Å²) in [7, 11) is 1.45. The molecule has 0 saturated heterocycles. The minimum atomic E-state index is -0.683. The average molecular weight is 381 g/mol. The number of carbonyl (C=O) groups excluding carboxylic acids is 2. The number of urea groups is 1. The Balaban J connectivity index is 1.89. The lowest BCUT2D eigenvalue weighted by Crippen LogP contribution is -2.39. The third-order valence-electron chi connectivity index (χ3n) is 3.80. The van der Waals surface area contributed by atoms with Crippen molar-refractivity contribution in [3.05, 3.63) is 72.4 Å². The van der Waals surface area contributed by atoms with Crippen molar-refractivity contribution in [3.63, 3.8) is 0 Å². The quantitative estimate of drug-likeness (QED) is 0.466. The molecule has 3 aromatic rings. The van der Waals surface area contributed by atoms with E-state index in [1.165, 1.54) is 23.5 Å². The summed E-state index contributed by atoms with van der Waals surface area (Å²) in [5.41, 5.74) is 2.38. The van der Waals surface area contributed by atoms with Crippen LogP contribution in [0.5, 0.6) is 0 Å². The van der Waals surface area contributed by atoms with Crippen molar-refractivity contribution >= 4 is 23.7 Å². The average Bonchev–Trinajstić information content (AvgIpc) is 3.07. The first kappa shape index (κ1) is 18.5. The number of nitrogen functional groups attached to an aromatic ring is 1. The number of nitrogens with zero attached hydrogens (tertiary/aromatic N) is 2. The summed E-state index contributed by atoms with van der Waals surface area (Å²) < 4.78 is 1.39. The van der Waals surface area contributed by atoms with Crippen LogP contribution in [0.4, 0.5) is 4.79 Å². The van der Waals surface area contributed by atoms with E-state index in [1.54, 1.807) is 6.20 Å². The van der Waals surface area contributed by atoms with Crippen LogP contribution in [-0.4, -0.2) is 28.6 Å². The molecule has 3 amide bonds. The first-order chi connectivity index (χ1) is 13.1. The van der Waals surface area contributed by atoms with E-state index in [9.17, 15) is 9.59 Å². The molecule has 0 aliphatic heterocycles. The molecule has 1 atom stereocenters. The molecular formula is C19H19N5O2S. The van der Waals surface area contributed by atoms with Gasteiger partial charge in [-0.05, 0) is 5.56 Å². The van der Waals surface area contributed by atoms with Crippen LogP contribution >= 0.6 is 11.8 Å². The van der Waals surface area contributed by atoms with E-state index in [2.05, 4.69) is 15.6 Å². The van der Waals surface area contributed by atoms with Gasteiger partial charge < -0.3 is 11.2 Å². The van der Waals surface area contributed by atoms with Crippen molar-refractivity contribution in [3.8, 4) is 11.3 Å². The van der Waals surface area contributed by atoms with E-state index in [4.69, 9.17) is 5.84 Å². The summed E-state index contributed by atoms with van der Waals surface area (Å²) in [6.45, 7) is 0. The molecule has 0 radical (unpaired) electrons. The van der Waals surface area contributed by atoms with Gasteiger partial charge in [-0.3, -0.25) is 10.1 Å². The number of imide groups is 1.